The molecule has 76 valence electrons. The van der Waals surface area contributed by atoms with E-state index in [1.54, 1.807) is 0 Å². The molecule has 0 unspecified atom stereocenters. The van der Waals surface area contributed by atoms with Crippen molar-refractivity contribution in [1.82, 2.24) is 4.98 Å². The molecule has 4 N–H and O–H groups in total. The Labute approximate surface area is 87.7 Å². The molecule has 0 spiro atoms. The molecule has 1 fully saturated rings. The van der Waals surface area contributed by atoms with Crippen LogP contribution in [0.25, 0.3) is 0 Å². The molecule has 0 radical (unpaired) electrons. The summed E-state index contributed by atoms with van der Waals surface area (Å²) < 4.78 is 0. The minimum absolute atomic E-state index is 0.498. The largest absolute Gasteiger partial charge is 0.384 e. The molecular weight excluding hydrogens is 196 g/mol. The second-order valence-electron chi connectivity index (χ2n) is 3.27. The SMILES string of the molecule is Nc1cc(N2CCSCC2)cc(N)n1. The van der Waals surface area contributed by atoms with Crippen LogP contribution in [0.15, 0.2) is 12.1 Å². The van der Waals surface area contributed by atoms with Crippen molar-refractivity contribution in [2.45, 2.75) is 0 Å². The monoisotopic (exact) mass is 210 g/mol. The highest BCUT2D eigenvalue weighted by Gasteiger charge is 2.11. The fraction of sp³-hybridized carbons (Fsp3) is 0.444. The molecule has 1 aromatic heterocycles. The van der Waals surface area contributed by atoms with Crippen LogP contribution < -0.4 is 16.4 Å². The zero-order valence-electron chi connectivity index (χ0n) is 7.94. The number of pyridine rings is 1. The topological polar surface area (TPSA) is 68.2 Å². The molecule has 1 aliphatic heterocycles. The normalized spacial score (nSPS) is 17.0. The molecule has 0 bridgehead atoms. The van der Waals surface area contributed by atoms with Gasteiger partial charge in [0.15, 0.2) is 0 Å². The number of nitrogens with zero attached hydrogens (tertiary/aromatic N) is 2. The number of hydrogen-bond donors (Lipinski definition) is 2. The van der Waals surface area contributed by atoms with Gasteiger partial charge in [-0.05, 0) is 0 Å². The quantitative estimate of drug-likeness (QED) is 0.717. The fourth-order valence-electron chi connectivity index (χ4n) is 1.56. The highest BCUT2D eigenvalue weighted by atomic mass is 32.2. The van der Waals surface area contributed by atoms with Crippen molar-refractivity contribution in [1.29, 1.82) is 0 Å². The lowest BCUT2D eigenvalue weighted by molar-refractivity contribution is 0.858. The van der Waals surface area contributed by atoms with Crippen LogP contribution in [0.3, 0.4) is 0 Å². The van der Waals surface area contributed by atoms with Crippen molar-refractivity contribution in [2.75, 3.05) is 41.0 Å². The van der Waals surface area contributed by atoms with E-state index in [9.17, 15) is 0 Å². The second-order valence-corrected chi connectivity index (χ2v) is 4.50. The predicted octanol–water partition coefficient (Wildman–Crippen LogP) is 0.799. The van der Waals surface area contributed by atoms with Crippen molar-refractivity contribution >= 4 is 29.1 Å². The number of aromatic nitrogens is 1. The Bertz CT molecular complexity index is 302. The maximum absolute atomic E-state index is 5.64. The fourth-order valence-corrected chi connectivity index (χ4v) is 2.47. The van der Waals surface area contributed by atoms with E-state index in [-0.39, 0.29) is 0 Å². The predicted molar refractivity (Wildman–Crippen MR) is 62.6 cm³/mol. The van der Waals surface area contributed by atoms with Crippen molar-refractivity contribution < 1.29 is 0 Å². The molecule has 0 atom stereocenters. The Hall–Kier alpha value is -1.10. The van der Waals surface area contributed by atoms with Gasteiger partial charge in [0.1, 0.15) is 11.6 Å². The maximum Gasteiger partial charge on any atom is 0.127 e. The Kier molecular flexibility index (Phi) is 2.67. The Morgan fingerprint density at radius 3 is 2.29 bits per heavy atom. The van der Waals surface area contributed by atoms with Gasteiger partial charge in [0.2, 0.25) is 0 Å². The van der Waals surface area contributed by atoms with Crippen LogP contribution in [0, 0.1) is 0 Å². The van der Waals surface area contributed by atoms with Crippen LogP contribution >= 0.6 is 11.8 Å². The molecule has 14 heavy (non-hydrogen) atoms. The van der Waals surface area contributed by atoms with Gasteiger partial charge in [-0.25, -0.2) is 4.98 Å². The van der Waals surface area contributed by atoms with Crippen LogP contribution in [0.4, 0.5) is 17.3 Å². The van der Waals surface area contributed by atoms with Gasteiger partial charge in [-0.2, -0.15) is 11.8 Å². The van der Waals surface area contributed by atoms with Gasteiger partial charge in [0.05, 0.1) is 0 Å². The van der Waals surface area contributed by atoms with E-state index < -0.39 is 0 Å². The molecule has 0 saturated carbocycles. The number of thioether (sulfide) groups is 1. The number of nitrogen functional groups attached to an aromatic ring is 2. The Morgan fingerprint density at radius 1 is 1.14 bits per heavy atom. The third kappa shape index (κ3) is 2.04. The van der Waals surface area contributed by atoms with Gasteiger partial charge in [-0.1, -0.05) is 0 Å². The van der Waals surface area contributed by atoms with E-state index in [1.165, 1.54) is 11.5 Å². The average Bonchev–Trinajstić information content (AvgIpc) is 2.18. The smallest absolute Gasteiger partial charge is 0.127 e. The molecule has 1 aliphatic rings. The first-order chi connectivity index (χ1) is 6.75. The van der Waals surface area contributed by atoms with Gasteiger partial charge < -0.3 is 16.4 Å². The first-order valence-corrected chi connectivity index (χ1v) is 5.77. The molecule has 5 heteroatoms. The summed E-state index contributed by atoms with van der Waals surface area (Å²) in [5.74, 6) is 3.33. The molecule has 0 aromatic carbocycles. The van der Waals surface area contributed by atoms with Crippen molar-refractivity contribution in [3.63, 3.8) is 0 Å². The third-order valence-electron chi connectivity index (χ3n) is 2.23. The third-order valence-corrected chi connectivity index (χ3v) is 3.17. The van der Waals surface area contributed by atoms with E-state index in [0.29, 0.717) is 11.6 Å². The summed E-state index contributed by atoms with van der Waals surface area (Å²) in [5.41, 5.74) is 12.4. The highest BCUT2D eigenvalue weighted by molar-refractivity contribution is 7.99. The van der Waals surface area contributed by atoms with E-state index in [1.807, 2.05) is 23.9 Å². The van der Waals surface area contributed by atoms with Crippen molar-refractivity contribution in [3.05, 3.63) is 12.1 Å². The van der Waals surface area contributed by atoms with Crippen molar-refractivity contribution in [3.8, 4) is 0 Å². The summed E-state index contributed by atoms with van der Waals surface area (Å²) in [4.78, 5) is 6.25. The van der Waals surface area contributed by atoms with Crippen LogP contribution in [-0.2, 0) is 0 Å². The second kappa shape index (κ2) is 3.96. The van der Waals surface area contributed by atoms with Crippen LogP contribution in [0.2, 0.25) is 0 Å². The zero-order chi connectivity index (χ0) is 9.97. The zero-order valence-corrected chi connectivity index (χ0v) is 8.76. The molecule has 2 rings (SSSR count). The van der Waals surface area contributed by atoms with Gasteiger partial charge in [-0.15, -0.1) is 0 Å². The summed E-state index contributed by atoms with van der Waals surface area (Å²) in [7, 11) is 0. The van der Waals surface area contributed by atoms with E-state index >= 15 is 0 Å². The average molecular weight is 210 g/mol. The minimum atomic E-state index is 0.498. The summed E-state index contributed by atoms with van der Waals surface area (Å²) in [6.45, 7) is 2.13. The van der Waals surface area contributed by atoms with E-state index in [2.05, 4.69) is 9.88 Å². The lowest BCUT2D eigenvalue weighted by Gasteiger charge is -2.28. The lowest BCUT2D eigenvalue weighted by atomic mass is 10.3. The van der Waals surface area contributed by atoms with Gasteiger partial charge in [-0.3, -0.25) is 0 Å². The lowest BCUT2D eigenvalue weighted by Crippen LogP contribution is -2.32. The number of hydrogen-bond acceptors (Lipinski definition) is 5. The first-order valence-electron chi connectivity index (χ1n) is 4.61. The summed E-state index contributed by atoms with van der Waals surface area (Å²) >= 11 is 1.98. The molecule has 0 amide bonds. The Balaban J connectivity index is 2.21. The van der Waals surface area contributed by atoms with Crippen LogP contribution in [-0.4, -0.2) is 29.6 Å². The molecule has 4 nitrogen and oxygen atoms in total. The maximum atomic E-state index is 5.64. The number of nitrogens with two attached hydrogens (primary N) is 2. The van der Waals surface area contributed by atoms with Crippen LogP contribution in [0.5, 0.6) is 0 Å². The number of rotatable bonds is 1. The number of anilines is 3. The van der Waals surface area contributed by atoms with E-state index in [4.69, 9.17) is 11.5 Å². The first kappa shape index (κ1) is 9.45. The van der Waals surface area contributed by atoms with Gasteiger partial charge in [0.25, 0.3) is 0 Å². The van der Waals surface area contributed by atoms with Gasteiger partial charge in [0, 0.05) is 42.4 Å². The minimum Gasteiger partial charge on any atom is -0.384 e. The molecule has 0 aliphatic carbocycles. The summed E-state index contributed by atoms with van der Waals surface area (Å²) in [5, 5.41) is 0. The Morgan fingerprint density at radius 2 is 1.71 bits per heavy atom. The highest BCUT2D eigenvalue weighted by Crippen LogP contribution is 2.22. The van der Waals surface area contributed by atoms with Crippen LogP contribution in [0.1, 0.15) is 0 Å². The summed E-state index contributed by atoms with van der Waals surface area (Å²) in [6, 6.07) is 3.76. The van der Waals surface area contributed by atoms with Gasteiger partial charge >= 0.3 is 0 Å². The standard InChI is InChI=1S/C9H14N4S/c10-8-5-7(6-9(11)12-8)13-1-3-14-4-2-13/h5-6H,1-4H2,(H4,10,11,12). The van der Waals surface area contributed by atoms with Crippen molar-refractivity contribution in [2.24, 2.45) is 0 Å². The summed E-state index contributed by atoms with van der Waals surface area (Å²) in [6.07, 6.45) is 0. The molecule has 2 heterocycles. The molecular formula is C9H14N4S. The molecule has 1 aromatic rings. The molecule has 1 saturated heterocycles. The van der Waals surface area contributed by atoms with E-state index in [0.717, 1.165) is 18.8 Å².